The Morgan fingerprint density at radius 3 is 2.70 bits per heavy atom. The predicted octanol–water partition coefficient (Wildman–Crippen LogP) is 2.30. The van der Waals surface area contributed by atoms with E-state index >= 15 is 0 Å². The van der Waals surface area contributed by atoms with Crippen molar-refractivity contribution in [3.8, 4) is 6.07 Å². The van der Waals surface area contributed by atoms with Crippen molar-refractivity contribution in [2.45, 2.75) is 25.8 Å². The molecule has 1 N–H and O–H groups in total. The van der Waals surface area contributed by atoms with Gasteiger partial charge in [0.2, 0.25) is 5.82 Å². The zero-order valence-electron chi connectivity index (χ0n) is 10.5. The molecule has 0 radical (unpaired) electrons. The van der Waals surface area contributed by atoms with Crippen LogP contribution in [0.15, 0.2) is 12.1 Å². The molecule has 6 nitrogen and oxygen atoms in total. The molecular weight excluding hydrogens is 272 g/mol. The van der Waals surface area contributed by atoms with Crippen LogP contribution in [-0.4, -0.2) is 16.9 Å². The van der Waals surface area contributed by atoms with Gasteiger partial charge in [0.25, 0.3) is 5.91 Å². The minimum absolute atomic E-state index is 0.0274. The van der Waals surface area contributed by atoms with Gasteiger partial charge in [-0.15, -0.1) is 0 Å². The van der Waals surface area contributed by atoms with Gasteiger partial charge in [-0.3, -0.25) is 14.9 Å². The number of carbonyl (C=O) groups excluding carboxylic acids is 1. The third-order valence-corrected chi connectivity index (χ3v) is 2.66. The summed E-state index contributed by atoms with van der Waals surface area (Å²) in [5.74, 6) is -3.84. The highest BCUT2D eigenvalue weighted by Crippen LogP contribution is 2.23. The van der Waals surface area contributed by atoms with E-state index in [1.807, 2.05) is 6.07 Å². The maximum atomic E-state index is 13.8. The van der Waals surface area contributed by atoms with Crippen LogP contribution in [0.25, 0.3) is 0 Å². The molecule has 0 aliphatic heterocycles. The van der Waals surface area contributed by atoms with Gasteiger partial charge in [-0.25, -0.2) is 4.39 Å². The van der Waals surface area contributed by atoms with Crippen LogP contribution in [0.3, 0.4) is 0 Å². The molecule has 1 atom stereocenters. The molecule has 1 aromatic carbocycles. The number of nitro benzene ring substituents is 1. The van der Waals surface area contributed by atoms with E-state index in [2.05, 4.69) is 5.32 Å². The van der Waals surface area contributed by atoms with Crippen LogP contribution in [0.4, 0.5) is 14.5 Å². The largest absolute Gasteiger partial charge is 0.348 e. The van der Waals surface area contributed by atoms with Gasteiger partial charge >= 0.3 is 5.69 Å². The molecule has 0 heterocycles. The molecule has 0 aliphatic carbocycles. The molecular formula is C12H11F2N3O3. The number of hydrogen-bond acceptors (Lipinski definition) is 4. The van der Waals surface area contributed by atoms with Crippen LogP contribution in [-0.2, 0) is 0 Å². The summed E-state index contributed by atoms with van der Waals surface area (Å²) in [5, 5.41) is 21.4. The zero-order chi connectivity index (χ0) is 15.3. The lowest BCUT2D eigenvalue weighted by atomic mass is 10.1. The van der Waals surface area contributed by atoms with E-state index in [0.717, 1.165) is 0 Å². The number of nitrogens with zero attached hydrogens (tertiary/aromatic N) is 2. The molecule has 1 aromatic rings. The molecule has 0 saturated carbocycles. The average molecular weight is 283 g/mol. The second-order valence-electron chi connectivity index (χ2n) is 3.95. The van der Waals surface area contributed by atoms with Crippen LogP contribution >= 0.6 is 0 Å². The van der Waals surface area contributed by atoms with Crippen LogP contribution < -0.4 is 5.32 Å². The van der Waals surface area contributed by atoms with Crippen molar-refractivity contribution in [2.75, 3.05) is 0 Å². The first-order valence-corrected chi connectivity index (χ1v) is 5.72. The summed E-state index contributed by atoms with van der Waals surface area (Å²) in [6.45, 7) is 1.68. The highest BCUT2D eigenvalue weighted by molar-refractivity contribution is 5.95. The first-order chi connectivity index (χ1) is 9.42. The minimum atomic E-state index is -1.53. The third-order valence-electron chi connectivity index (χ3n) is 2.66. The average Bonchev–Trinajstić information content (AvgIpc) is 2.37. The van der Waals surface area contributed by atoms with Crippen LogP contribution in [0.2, 0.25) is 0 Å². The van der Waals surface area contributed by atoms with Gasteiger partial charge in [0.05, 0.1) is 17.4 Å². The number of nitro groups is 1. The fraction of sp³-hybridized carbons (Fsp3) is 0.333. The molecule has 1 amide bonds. The van der Waals surface area contributed by atoms with Crippen LogP contribution in [0.5, 0.6) is 0 Å². The van der Waals surface area contributed by atoms with E-state index in [1.54, 1.807) is 6.92 Å². The van der Waals surface area contributed by atoms with E-state index in [-0.39, 0.29) is 6.42 Å². The molecule has 1 unspecified atom stereocenters. The predicted molar refractivity (Wildman–Crippen MR) is 64.8 cm³/mol. The van der Waals surface area contributed by atoms with Gasteiger partial charge in [-0.05, 0) is 12.5 Å². The highest BCUT2D eigenvalue weighted by atomic mass is 19.1. The summed E-state index contributed by atoms with van der Waals surface area (Å²) in [5.41, 5.74) is -2.00. The summed E-state index contributed by atoms with van der Waals surface area (Å²) < 4.78 is 27.3. The Balaban J connectivity index is 3.13. The number of rotatable bonds is 5. The molecule has 1 rings (SSSR count). The Kier molecular flexibility index (Phi) is 5.08. The van der Waals surface area contributed by atoms with Crippen molar-refractivity contribution in [3.05, 3.63) is 39.4 Å². The lowest BCUT2D eigenvalue weighted by molar-refractivity contribution is -0.387. The Hall–Kier alpha value is -2.56. The minimum Gasteiger partial charge on any atom is -0.348 e. The van der Waals surface area contributed by atoms with Crippen LogP contribution in [0.1, 0.15) is 30.1 Å². The van der Waals surface area contributed by atoms with Gasteiger partial charge in [-0.2, -0.15) is 9.65 Å². The number of hydrogen-bond donors (Lipinski definition) is 1. The Labute approximate surface area is 113 Å². The second kappa shape index (κ2) is 6.56. The van der Waals surface area contributed by atoms with E-state index in [9.17, 15) is 23.7 Å². The number of halogens is 2. The zero-order valence-corrected chi connectivity index (χ0v) is 10.5. The summed E-state index contributed by atoms with van der Waals surface area (Å²) in [7, 11) is 0. The number of benzene rings is 1. The first kappa shape index (κ1) is 15.5. The van der Waals surface area contributed by atoms with Gasteiger partial charge < -0.3 is 5.32 Å². The molecule has 106 valence electrons. The van der Waals surface area contributed by atoms with Crippen molar-refractivity contribution in [2.24, 2.45) is 0 Å². The second-order valence-corrected chi connectivity index (χ2v) is 3.95. The van der Waals surface area contributed by atoms with E-state index in [1.165, 1.54) is 0 Å². The number of amides is 1. The normalized spacial score (nSPS) is 11.5. The Bertz CT molecular complexity index is 584. The molecule has 0 fully saturated rings. The molecule has 20 heavy (non-hydrogen) atoms. The van der Waals surface area contributed by atoms with Crippen molar-refractivity contribution >= 4 is 11.6 Å². The number of nitriles is 1. The van der Waals surface area contributed by atoms with Crippen molar-refractivity contribution in [1.82, 2.24) is 5.32 Å². The lowest BCUT2D eigenvalue weighted by Crippen LogP contribution is -2.35. The molecule has 0 aromatic heterocycles. The summed E-state index contributed by atoms with van der Waals surface area (Å²) in [6.07, 6.45) is 0.359. The summed E-state index contributed by atoms with van der Waals surface area (Å²) in [6, 6.07) is 2.55. The fourth-order valence-corrected chi connectivity index (χ4v) is 1.56. The lowest BCUT2D eigenvalue weighted by Gasteiger charge is -2.14. The number of nitrogens with one attached hydrogen (secondary N) is 1. The molecule has 0 bridgehead atoms. The maximum absolute atomic E-state index is 13.8. The maximum Gasteiger partial charge on any atom is 0.305 e. The topological polar surface area (TPSA) is 96.0 Å². The van der Waals surface area contributed by atoms with Crippen LogP contribution in [0, 0.1) is 33.1 Å². The third kappa shape index (κ3) is 3.26. The Morgan fingerprint density at radius 1 is 1.55 bits per heavy atom. The fourth-order valence-electron chi connectivity index (χ4n) is 1.56. The van der Waals surface area contributed by atoms with E-state index < -0.39 is 39.8 Å². The van der Waals surface area contributed by atoms with Gasteiger partial charge in [-0.1, -0.05) is 6.92 Å². The number of carbonyl (C=O) groups is 1. The van der Waals surface area contributed by atoms with E-state index in [4.69, 9.17) is 5.26 Å². The Morgan fingerprint density at radius 2 is 2.20 bits per heavy atom. The quantitative estimate of drug-likeness (QED) is 0.662. The van der Waals surface area contributed by atoms with Gasteiger partial charge in [0, 0.05) is 12.1 Å². The van der Waals surface area contributed by atoms with Crippen molar-refractivity contribution in [1.29, 1.82) is 5.26 Å². The molecule has 8 heteroatoms. The molecule has 0 spiro atoms. The summed E-state index contributed by atoms with van der Waals surface area (Å²) >= 11 is 0. The summed E-state index contributed by atoms with van der Waals surface area (Å²) in [4.78, 5) is 21.3. The highest BCUT2D eigenvalue weighted by Gasteiger charge is 2.27. The van der Waals surface area contributed by atoms with Crippen molar-refractivity contribution in [3.63, 3.8) is 0 Å². The van der Waals surface area contributed by atoms with E-state index in [0.29, 0.717) is 18.6 Å². The SMILES string of the molecule is CCC(CC#N)NC(=O)c1c(F)ccc([N+](=O)[O-])c1F. The smallest absolute Gasteiger partial charge is 0.305 e. The first-order valence-electron chi connectivity index (χ1n) is 5.72. The van der Waals surface area contributed by atoms with Gasteiger partial charge in [0.15, 0.2) is 0 Å². The van der Waals surface area contributed by atoms with Gasteiger partial charge in [0.1, 0.15) is 11.4 Å². The molecule has 0 aliphatic rings. The van der Waals surface area contributed by atoms with Crippen molar-refractivity contribution < 1.29 is 18.5 Å². The monoisotopic (exact) mass is 283 g/mol. The molecule has 0 saturated heterocycles. The standard InChI is InChI=1S/C12H11F2N3O3/c1-2-7(5-6-15)16-12(18)10-8(13)3-4-9(11(10)14)17(19)20/h3-4,7H,2,5H2,1H3,(H,16,18).